The second-order valence-electron chi connectivity index (χ2n) is 6.38. The van der Waals surface area contributed by atoms with Gasteiger partial charge in [-0.1, -0.05) is 29.4 Å². The summed E-state index contributed by atoms with van der Waals surface area (Å²) >= 11 is 11.8. The number of thioether (sulfide) groups is 1. The molecule has 0 bridgehead atoms. The highest BCUT2D eigenvalue weighted by atomic mass is 35.5. The van der Waals surface area contributed by atoms with Crippen molar-refractivity contribution in [1.29, 1.82) is 0 Å². The lowest BCUT2D eigenvalue weighted by atomic mass is 10.2. The molecule has 164 valence electrons. The van der Waals surface area contributed by atoms with Crippen LogP contribution in [-0.4, -0.2) is 39.2 Å². The highest BCUT2D eigenvalue weighted by Gasteiger charge is 2.35. The zero-order chi connectivity index (χ0) is 22.6. The van der Waals surface area contributed by atoms with E-state index in [1.54, 1.807) is 31.2 Å². The third kappa shape index (κ3) is 6.56. The maximum Gasteiger partial charge on any atom is 0.487 e. The van der Waals surface area contributed by atoms with Crippen molar-refractivity contribution in [3.63, 3.8) is 0 Å². The van der Waals surface area contributed by atoms with Gasteiger partial charge in [0, 0.05) is 35.3 Å². The smallest absolute Gasteiger partial charge is 0.420 e. The van der Waals surface area contributed by atoms with Crippen LogP contribution in [0.4, 0.5) is 20.2 Å². The molecule has 1 atom stereocenters. The van der Waals surface area contributed by atoms with Crippen LogP contribution in [0.2, 0.25) is 5.02 Å². The number of benzene rings is 2. The first kappa shape index (κ1) is 23.3. The van der Waals surface area contributed by atoms with Crippen molar-refractivity contribution in [3.8, 4) is 5.75 Å². The average molecular weight is 488 g/mol. The Labute approximate surface area is 191 Å². The zero-order valence-corrected chi connectivity index (χ0v) is 18.5. The molecule has 11 heteroatoms. The van der Waals surface area contributed by atoms with E-state index in [4.69, 9.17) is 23.2 Å². The molecular formula is C20H17Cl2F2N3O3S. The summed E-state index contributed by atoms with van der Waals surface area (Å²) < 4.78 is 29.8. The van der Waals surface area contributed by atoms with Gasteiger partial charge in [0.1, 0.15) is 11.0 Å². The van der Waals surface area contributed by atoms with Gasteiger partial charge in [-0.3, -0.25) is 14.5 Å². The maximum absolute atomic E-state index is 12.7. The van der Waals surface area contributed by atoms with Gasteiger partial charge in [0.15, 0.2) is 5.17 Å². The third-order valence-electron chi connectivity index (χ3n) is 4.14. The molecule has 0 saturated carbocycles. The Morgan fingerprint density at radius 3 is 2.65 bits per heavy atom. The lowest BCUT2D eigenvalue weighted by Gasteiger charge is -2.30. The van der Waals surface area contributed by atoms with Gasteiger partial charge in [0.2, 0.25) is 11.8 Å². The number of halogens is 4. The average Bonchev–Trinajstić information content (AvgIpc) is 2.68. The number of aliphatic imine (C=N–C) groups is 1. The fraction of sp³-hybridized carbons (Fsp3) is 0.250. The van der Waals surface area contributed by atoms with Crippen molar-refractivity contribution in [2.45, 2.75) is 24.2 Å². The normalized spacial score (nSPS) is 18.2. The number of carbonyl (C=O) groups excluding carboxylic acids is 2. The quantitative estimate of drug-likeness (QED) is 0.547. The van der Waals surface area contributed by atoms with E-state index in [9.17, 15) is 18.4 Å². The first-order chi connectivity index (χ1) is 14.6. The monoisotopic (exact) mass is 487 g/mol. The summed E-state index contributed by atoms with van der Waals surface area (Å²) in [5.74, 6) is -0.729. The van der Waals surface area contributed by atoms with Crippen LogP contribution >= 0.6 is 35.0 Å². The number of amides is 2. The van der Waals surface area contributed by atoms with Crippen molar-refractivity contribution >= 4 is 63.3 Å². The highest BCUT2D eigenvalue weighted by Crippen LogP contribution is 2.31. The van der Waals surface area contributed by atoms with E-state index in [1.807, 2.05) is 0 Å². The van der Waals surface area contributed by atoms with Crippen molar-refractivity contribution < 1.29 is 23.1 Å². The minimum atomic E-state index is -3.82. The van der Waals surface area contributed by atoms with Gasteiger partial charge < -0.3 is 10.1 Å². The number of ether oxygens (including phenoxy) is 1. The number of anilines is 1. The van der Waals surface area contributed by atoms with E-state index in [0.717, 1.165) is 11.8 Å². The van der Waals surface area contributed by atoms with Gasteiger partial charge in [0.25, 0.3) is 0 Å². The summed E-state index contributed by atoms with van der Waals surface area (Å²) in [6.07, 6.45) is 0.0154. The molecule has 1 heterocycles. The van der Waals surface area contributed by atoms with E-state index >= 15 is 0 Å². The van der Waals surface area contributed by atoms with Crippen LogP contribution < -0.4 is 10.1 Å². The molecule has 2 aromatic rings. The van der Waals surface area contributed by atoms with E-state index in [2.05, 4.69) is 15.0 Å². The Morgan fingerprint density at radius 2 is 2.03 bits per heavy atom. The van der Waals surface area contributed by atoms with Crippen LogP contribution in [0.25, 0.3) is 0 Å². The number of hydrogen-bond donors (Lipinski definition) is 1. The molecule has 0 radical (unpaired) electrons. The fourth-order valence-corrected chi connectivity index (χ4v) is 4.22. The number of hydrogen-bond acceptors (Lipinski definition) is 5. The van der Waals surface area contributed by atoms with Gasteiger partial charge in [-0.25, -0.2) is 4.99 Å². The topological polar surface area (TPSA) is 71.0 Å². The first-order valence-corrected chi connectivity index (χ1v) is 10.8. The SMILES string of the molecule is CCN1C(=O)C[C@@H](C(=O)Nc2cccc(Cl)c2)SC1=Nc1ccc(OC(F)(F)Cl)cc1. The summed E-state index contributed by atoms with van der Waals surface area (Å²) in [7, 11) is 0. The molecule has 1 fully saturated rings. The Balaban J connectivity index is 1.77. The second kappa shape index (κ2) is 9.84. The van der Waals surface area contributed by atoms with Gasteiger partial charge in [-0.15, -0.1) is 8.78 Å². The first-order valence-electron chi connectivity index (χ1n) is 9.12. The van der Waals surface area contributed by atoms with Gasteiger partial charge in [0.05, 0.1) is 5.69 Å². The standard InChI is InChI=1S/C20H17Cl2F2N3O3S/c1-2-27-17(28)11-16(18(29)25-14-5-3-4-12(21)10-14)31-19(27)26-13-6-8-15(9-7-13)30-20(22,23)24/h3-10,16H,2,11H2,1H3,(H,25,29)/t16-/m0/s1. The van der Waals surface area contributed by atoms with Crippen molar-refractivity contribution in [2.24, 2.45) is 4.99 Å². The fourth-order valence-electron chi connectivity index (χ4n) is 2.77. The predicted octanol–water partition coefficient (Wildman–Crippen LogP) is 5.49. The van der Waals surface area contributed by atoms with Crippen molar-refractivity contribution in [3.05, 3.63) is 53.6 Å². The third-order valence-corrected chi connectivity index (χ3v) is 5.64. The van der Waals surface area contributed by atoms with Crippen LogP contribution in [0.15, 0.2) is 53.5 Å². The largest absolute Gasteiger partial charge is 0.487 e. The molecule has 1 saturated heterocycles. The van der Waals surface area contributed by atoms with E-state index in [0.29, 0.717) is 28.1 Å². The molecule has 0 unspecified atom stereocenters. The number of rotatable bonds is 6. The van der Waals surface area contributed by atoms with Crippen LogP contribution in [0.5, 0.6) is 5.75 Å². The Bertz CT molecular complexity index is 1000. The minimum Gasteiger partial charge on any atom is -0.420 e. The van der Waals surface area contributed by atoms with Crippen LogP contribution in [0.1, 0.15) is 13.3 Å². The summed E-state index contributed by atoms with van der Waals surface area (Å²) in [5, 5.41) is 2.87. The molecular weight excluding hydrogens is 471 g/mol. The van der Waals surface area contributed by atoms with E-state index in [-0.39, 0.29) is 24.0 Å². The molecule has 1 aliphatic rings. The van der Waals surface area contributed by atoms with E-state index < -0.39 is 10.8 Å². The molecule has 31 heavy (non-hydrogen) atoms. The predicted molar refractivity (Wildman–Crippen MR) is 118 cm³/mol. The Hall–Kier alpha value is -2.36. The summed E-state index contributed by atoms with van der Waals surface area (Å²) in [6, 6.07) is 12.1. The molecule has 1 aliphatic heterocycles. The summed E-state index contributed by atoms with van der Waals surface area (Å²) in [4.78, 5) is 31.1. The van der Waals surface area contributed by atoms with Crippen LogP contribution in [0, 0.1) is 0 Å². The second-order valence-corrected chi connectivity index (χ2v) is 8.43. The number of amidine groups is 1. The lowest BCUT2D eigenvalue weighted by Crippen LogP contribution is -2.45. The number of carbonyl (C=O) groups is 2. The van der Waals surface area contributed by atoms with Crippen molar-refractivity contribution in [1.82, 2.24) is 4.90 Å². The number of nitrogens with zero attached hydrogens (tertiary/aromatic N) is 2. The summed E-state index contributed by atoms with van der Waals surface area (Å²) in [5.41, 5.74) is -2.90. The van der Waals surface area contributed by atoms with Crippen LogP contribution in [0.3, 0.4) is 0 Å². The molecule has 2 amide bonds. The Morgan fingerprint density at radius 1 is 1.32 bits per heavy atom. The van der Waals surface area contributed by atoms with Crippen LogP contribution in [-0.2, 0) is 9.59 Å². The molecule has 1 N–H and O–H groups in total. The van der Waals surface area contributed by atoms with Gasteiger partial charge in [-0.2, -0.15) is 0 Å². The molecule has 0 aliphatic carbocycles. The van der Waals surface area contributed by atoms with Gasteiger partial charge >= 0.3 is 5.57 Å². The minimum absolute atomic E-state index is 0.0154. The van der Waals surface area contributed by atoms with E-state index in [1.165, 1.54) is 29.2 Å². The molecule has 0 spiro atoms. The molecule has 2 aromatic carbocycles. The van der Waals surface area contributed by atoms with Gasteiger partial charge in [-0.05, 0) is 49.4 Å². The highest BCUT2D eigenvalue weighted by molar-refractivity contribution is 8.15. The maximum atomic E-state index is 12.7. The lowest BCUT2D eigenvalue weighted by molar-refractivity contribution is -0.129. The summed E-state index contributed by atoms with van der Waals surface area (Å²) in [6.45, 7) is 2.16. The molecule has 6 nitrogen and oxygen atoms in total. The number of nitrogens with one attached hydrogen (secondary N) is 1. The Kier molecular flexibility index (Phi) is 7.40. The zero-order valence-electron chi connectivity index (χ0n) is 16.1. The van der Waals surface area contributed by atoms with Crippen molar-refractivity contribution in [2.75, 3.05) is 11.9 Å². The molecule has 3 rings (SSSR count). The number of alkyl halides is 3. The molecule has 0 aromatic heterocycles.